The zero-order chi connectivity index (χ0) is 18.7. The van der Waals surface area contributed by atoms with Gasteiger partial charge in [0.2, 0.25) is 11.8 Å². The number of aromatic nitrogens is 2. The number of primary amides is 1. The van der Waals surface area contributed by atoms with E-state index in [0.717, 1.165) is 25.7 Å². The summed E-state index contributed by atoms with van der Waals surface area (Å²) >= 11 is 0. The lowest BCUT2D eigenvalue weighted by Gasteiger charge is -2.28. The van der Waals surface area contributed by atoms with Crippen LogP contribution in [0.25, 0.3) is 0 Å². The van der Waals surface area contributed by atoms with Crippen LogP contribution >= 0.6 is 0 Å². The molecule has 2 N–H and O–H groups in total. The van der Waals surface area contributed by atoms with E-state index in [4.69, 9.17) is 10.3 Å². The minimum Gasteiger partial charge on any atom is -0.366 e. The van der Waals surface area contributed by atoms with Crippen molar-refractivity contribution < 1.29 is 14.1 Å². The van der Waals surface area contributed by atoms with Gasteiger partial charge in [-0.2, -0.15) is 4.98 Å². The van der Waals surface area contributed by atoms with E-state index in [2.05, 4.69) is 10.1 Å². The van der Waals surface area contributed by atoms with Crippen molar-refractivity contribution in [2.45, 2.75) is 51.5 Å². The second-order valence-corrected chi connectivity index (χ2v) is 6.95. The molecule has 138 valence electrons. The van der Waals surface area contributed by atoms with Gasteiger partial charge in [-0.1, -0.05) is 31.8 Å². The van der Waals surface area contributed by atoms with Crippen molar-refractivity contribution in [1.29, 1.82) is 0 Å². The van der Waals surface area contributed by atoms with Gasteiger partial charge in [-0.3, -0.25) is 9.59 Å². The molecule has 0 spiro atoms. The zero-order valence-corrected chi connectivity index (χ0v) is 15.1. The Labute approximate surface area is 152 Å². The van der Waals surface area contributed by atoms with Gasteiger partial charge in [0, 0.05) is 23.6 Å². The van der Waals surface area contributed by atoms with E-state index in [1.807, 2.05) is 18.7 Å². The van der Waals surface area contributed by atoms with Gasteiger partial charge >= 0.3 is 0 Å². The van der Waals surface area contributed by atoms with Crippen LogP contribution in [0.5, 0.6) is 0 Å². The third-order valence-electron chi connectivity index (χ3n) is 4.68. The Morgan fingerprint density at radius 3 is 2.46 bits per heavy atom. The monoisotopic (exact) mass is 356 g/mol. The molecule has 1 aromatic carbocycles. The molecule has 0 aliphatic carbocycles. The summed E-state index contributed by atoms with van der Waals surface area (Å²) in [5, 5.41) is 4.13. The third-order valence-corrected chi connectivity index (χ3v) is 4.68. The van der Waals surface area contributed by atoms with Crippen LogP contribution in [-0.4, -0.2) is 33.4 Å². The van der Waals surface area contributed by atoms with Crippen molar-refractivity contribution in [1.82, 2.24) is 15.0 Å². The van der Waals surface area contributed by atoms with Gasteiger partial charge in [-0.25, -0.2) is 0 Å². The SMILES string of the molecule is CC(C)c1nc(C2CCCCCN2C(=O)c2ccc(C(N)=O)cc2)no1. The Balaban J connectivity index is 1.87. The molecule has 2 heterocycles. The zero-order valence-electron chi connectivity index (χ0n) is 15.1. The van der Waals surface area contributed by atoms with E-state index in [1.54, 1.807) is 24.3 Å². The first kappa shape index (κ1) is 18.1. The summed E-state index contributed by atoms with van der Waals surface area (Å²) in [5.41, 5.74) is 6.17. The van der Waals surface area contributed by atoms with Gasteiger partial charge in [0.1, 0.15) is 0 Å². The van der Waals surface area contributed by atoms with E-state index in [9.17, 15) is 9.59 Å². The summed E-state index contributed by atoms with van der Waals surface area (Å²) in [7, 11) is 0. The third kappa shape index (κ3) is 3.76. The fourth-order valence-corrected chi connectivity index (χ4v) is 3.18. The van der Waals surface area contributed by atoms with E-state index in [-0.39, 0.29) is 17.9 Å². The molecular formula is C19H24N4O3. The first-order valence-electron chi connectivity index (χ1n) is 9.01. The van der Waals surface area contributed by atoms with Gasteiger partial charge in [0.25, 0.3) is 5.91 Å². The highest BCUT2D eigenvalue weighted by atomic mass is 16.5. The summed E-state index contributed by atoms with van der Waals surface area (Å²) in [6.45, 7) is 4.63. The molecule has 3 rings (SSSR count). The first-order valence-corrected chi connectivity index (χ1v) is 9.01. The van der Waals surface area contributed by atoms with Crippen molar-refractivity contribution in [3.8, 4) is 0 Å². The maximum Gasteiger partial charge on any atom is 0.254 e. The molecule has 0 radical (unpaired) electrons. The second kappa shape index (κ2) is 7.68. The molecule has 7 nitrogen and oxygen atoms in total. The number of nitrogens with zero attached hydrogens (tertiary/aromatic N) is 3. The molecule has 1 saturated heterocycles. The van der Waals surface area contributed by atoms with E-state index >= 15 is 0 Å². The number of nitrogens with two attached hydrogens (primary N) is 1. The molecule has 26 heavy (non-hydrogen) atoms. The van der Waals surface area contributed by atoms with Crippen LogP contribution in [0.2, 0.25) is 0 Å². The lowest BCUT2D eigenvalue weighted by molar-refractivity contribution is 0.0670. The van der Waals surface area contributed by atoms with Gasteiger partial charge in [-0.05, 0) is 37.1 Å². The summed E-state index contributed by atoms with van der Waals surface area (Å²) in [4.78, 5) is 30.6. The number of carbonyl (C=O) groups excluding carboxylic acids is 2. The summed E-state index contributed by atoms with van der Waals surface area (Å²) in [5.74, 6) is 0.696. The molecule has 0 saturated carbocycles. The summed E-state index contributed by atoms with van der Waals surface area (Å²) < 4.78 is 5.35. The molecule has 1 aliphatic heterocycles. The largest absolute Gasteiger partial charge is 0.366 e. The Kier molecular flexibility index (Phi) is 5.35. The number of hydrogen-bond donors (Lipinski definition) is 1. The molecule has 1 aromatic heterocycles. The predicted molar refractivity (Wildman–Crippen MR) is 95.6 cm³/mol. The Hall–Kier alpha value is -2.70. The standard InChI is InChI=1S/C19H24N4O3/c1-12(2)18-21-17(22-26-18)15-6-4-3-5-11-23(15)19(25)14-9-7-13(8-10-14)16(20)24/h7-10,12,15H,3-6,11H2,1-2H3,(H2,20,24). The summed E-state index contributed by atoms with van der Waals surface area (Å²) in [6, 6.07) is 6.23. The number of amides is 2. The van der Waals surface area contributed by atoms with Gasteiger partial charge in [0.05, 0.1) is 6.04 Å². The topological polar surface area (TPSA) is 102 Å². The predicted octanol–water partition coefficient (Wildman–Crippen LogP) is 3.05. The molecule has 1 unspecified atom stereocenters. The average Bonchev–Trinajstić information content (AvgIpc) is 3.00. The number of rotatable bonds is 4. The molecule has 2 aromatic rings. The van der Waals surface area contributed by atoms with Crippen LogP contribution in [0.15, 0.2) is 28.8 Å². The van der Waals surface area contributed by atoms with Crippen molar-refractivity contribution >= 4 is 11.8 Å². The molecule has 1 atom stereocenters. The maximum absolute atomic E-state index is 13.1. The normalized spacial score (nSPS) is 18.0. The highest BCUT2D eigenvalue weighted by Crippen LogP contribution is 2.30. The van der Waals surface area contributed by atoms with Crippen molar-refractivity contribution in [3.05, 3.63) is 47.1 Å². The van der Waals surface area contributed by atoms with Crippen molar-refractivity contribution in [3.63, 3.8) is 0 Å². The number of hydrogen-bond acceptors (Lipinski definition) is 5. The van der Waals surface area contributed by atoms with Crippen LogP contribution in [0.3, 0.4) is 0 Å². The minimum absolute atomic E-state index is 0.0937. The molecule has 7 heteroatoms. The first-order chi connectivity index (χ1) is 12.5. The molecule has 0 bridgehead atoms. The number of benzene rings is 1. The Morgan fingerprint density at radius 1 is 1.15 bits per heavy atom. The Morgan fingerprint density at radius 2 is 1.85 bits per heavy atom. The Bertz CT molecular complexity index is 782. The van der Waals surface area contributed by atoms with Crippen LogP contribution in [0.1, 0.15) is 83.9 Å². The van der Waals surface area contributed by atoms with E-state index < -0.39 is 5.91 Å². The fourth-order valence-electron chi connectivity index (χ4n) is 3.18. The molecule has 2 amide bonds. The minimum atomic E-state index is -0.510. The smallest absolute Gasteiger partial charge is 0.254 e. The second-order valence-electron chi connectivity index (χ2n) is 6.95. The van der Waals surface area contributed by atoms with Crippen LogP contribution in [0, 0.1) is 0 Å². The highest BCUT2D eigenvalue weighted by Gasteiger charge is 2.31. The number of likely N-dealkylation sites (tertiary alicyclic amines) is 1. The fraction of sp³-hybridized carbons (Fsp3) is 0.474. The molecular weight excluding hydrogens is 332 g/mol. The molecule has 1 fully saturated rings. The van der Waals surface area contributed by atoms with Gasteiger partial charge in [0.15, 0.2) is 5.82 Å². The maximum atomic E-state index is 13.1. The van der Waals surface area contributed by atoms with Crippen molar-refractivity contribution in [2.75, 3.05) is 6.54 Å². The van der Waals surface area contributed by atoms with Gasteiger partial charge < -0.3 is 15.2 Å². The van der Waals surface area contributed by atoms with Crippen LogP contribution in [-0.2, 0) is 0 Å². The van der Waals surface area contributed by atoms with E-state index in [1.165, 1.54) is 0 Å². The van der Waals surface area contributed by atoms with Crippen LogP contribution in [0.4, 0.5) is 0 Å². The average molecular weight is 356 g/mol. The molecule has 1 aliphatic rings. The van der Waals surface area contributed by atoms with Gasteiger partial charge in [-0.15, -0.1) is 0 Å². The quantitative estimate of drug-likeness (QED) is 0.907. The van der Waals surface area contributed by atoms with Crippen molar-refractivity contribution in [2.24, 2.45) is 5.73 Å². The lowest BCUT2D eigenvalue weighted by Crippen LogP contribution is -2.35. The van der Waals surface area contributed by atoms with Crippen LogP contribution < -0.4 is 5.73 Å². The van der Waals surface area contributed by atoms with E-state index in [0.29, 0.717) is 29.4 Å². The number of carbonyl (C=O) groups is 2. The highest BCUT2D eigenvalue weighted by molar-refractivity contribution is 5.97. The summed E-state index contributed by atoms with van der Waals surface area (Å²) in [6.07, 6.45) is 3.83. The lowest BCUT2D eigenvalue weighted by atomic mass is 10.1.